The van der Waals surface area contributed by atoms with Crippen LogP contribution in [-0.2, 0) is 21.4 Å². The third kappa shape index (κ3) is 10.1. The van der Waals surface area contributed by atoms with Crippen molar-refractivity contribution in [1.82, 2.24) is 10.2 Å². The van der Waals surface area contributed by atoms with E-state index >= 15 is 0 Å². The number of halogens is 3. The first-order valence-corrected chi connectivity index (χ1v) is 9.35. The van der Waals surface area contributed by atoms with Gasteiger partial charge in [-0.15, -0.1) is 0 Å². The van der Waals surface area contributed by atoms with Gasteiger partial charge >= 0.3 is 16.6 Å². The number of hydrogen-bond acceptors (Lipinski definition) is 5. The van der Waals surface area contributed by atoms with Crippen LogP contribution in [0.3, 0.4) is 0 Å². The molecule has 0 spiro atoms. The molecule has 154 valence electrons. The largest absolute Gasteiger partial charge is 0.416 e. The summed E-state index contributed by atoms with van der Waals surface area (Å²) < 4.78 is 69.8. The van der Waals surface area contributed by atoms with Crippen LogP contribution in [0.2, 0.25) is 0 Å². The fraction of sp³-hybridized carbons (Fsp3) is 0.533. The van der Waals surface area contributed by atoms with Gasteiger partial charge in [0.2, 0.25) is 5.91 Å². The summed E-state index contributed by atoms with van der Waals surface area (Å²) in [7, 11) is -4.67. The summed E-state index contributed by atoms with van der Waals surface area (Å²) >= 11 is 0. The molecule has 8 nitrogen and oxygen atoms in total. The highest BCUT2D eigenvalue weighted by Crippen LogP contribution is 2.31. The van der Waals surface area contributed by atoms with Crippen LogP contribution in [0, 0.1) is 0 Å². The summed E-state index contributed by atoms with van der Waals surface area (Å²) in [6, 6.07) is 5.45. The van der Waals surface area contributed by atoms with Crippen molar-refractivity contribution in [3.63, 3.8) is 0 Å². The second-order valence-corrected chi connectivity index (χ2v) is 6.70. The number of carbonyl (C=O) groups is 1. The maximum atomic E-state index is 12.7. The van der Waals surface area contributed by atoms with Crippen LogP contribution in [0.5, 0.6) is 0 Å². The topological polar surface area (TPSA) is 110 Å². The molecule has 1 aliphatic rings. The molecule has 1 amide bonds. The predicted octanol–water partition coefficient (Wildman–Crippen LogP) is 1.31. The lowest BCUT2D eigenvalue weighted by Gasteiger charge is -2.36. The fourth-order valence-electron chi connectivity index (χ4n) is 2.50. The average Bonchev–Trinajstić information content (AvgIpc) is 2.53. The van der Waals surface area contributed by atoms with Crippen molar-refractivity contribution >= 4 is 22.0 Å². The minimum atomic E-state index is -4.67. The van der Waals surface area contributed by atoms with Gasteiger partial charge in [0.05, 0.1) is 5.56 Å². The Bertz CT molecular complexity index is 712. The molecule has 0 aromatic heterocycles. The van der Waals surface area contributed by atoms with E-state index in [1.54, 1.807) is 6.07 Å². The molecule has 12 heteroatoms. The van der Waals surface area contributed by atoms with E-state index in [0.717, 1.165) is 25.7 Å². The number of anilines is 1. The lowest BCUT2D eigenvalue weighted by atomic mass is 10.1. The minimum Gasteiger partial charge on any atom is -0.369 e. The molecule has 1 aromatic rings. The summed E-state index contributed by atoms with van der Waals surface area (Å²) in [5, 5.41) is 2.74. The van der Waals surface area contributed by atoms with E-state index in [-0.39, 0.29) is 5.91 Å². The van der Waals surface area contributed by atoms with Crippen LogP contribution in [0.15, 0.2) is 24.3 Å². The zero-order chi connectivity index (χ0) is 20.7. The lowest BCUT2D eigenvalue weighted by molar-refractivity contribution is -0.137. The molecule has 0 atom stereocenters. The number of benzene rings is 1. The molecule has 1 aliphatic heterocycles. The van der Waals surface area contributed by atoms with Gasteiger partial charge in [-0.05, 0) is 18.2 Å². The van der Waals surface area contributed by atoms with Crippen molar-refractivity contribution in [2.24, 2.45) is 0 Å². The van der Waals surface area contributed by atoms with Gasteiger partial charge < -0.3 is 10.2 Å². The molecule has 1 saturated heterocycles. The SMILES string of the molecule is CC(=O)NCCN1CCN(c2cccc(C(F)(F)F)c2)CC1.O=S(=O)(O)O. The number of alkyl halides is 3. The highest BCUT2D eigenvalue weighted by atomic mass is 32.3. The molecule has 0 saturated carbocycles. The van der Waals surface area contributed by atoms with E-state index in [9.17, 15) is 18.0 Å². The number of nitrogens with one attached hydrogen (secondary N) is 1. The van der Waals surface area contributed by atoms with Crippen LogP contribution in [0.1, 0.15) is 12.5 Å². The lowest BCUT2D eigenvalue weighted by Crippen LogP contribution is -2.48. The molecule has 0 radical (unpaired) electrons. The molecule has 2 rings (SSSR count). The Hall–Kier alpha value is -1.89. The molecule has 0 aliphatic carbocycles. The van der Waals surface area contributed by atoms with Gasteiger partial charge in [0.15, 0.2) is 0 Å². The smallest absolute Gasteiger partial charge is 0.369 e. The third-order valence-electron chi connectivity index (χ3n) is 3.71. The van der Waals surface area contributed by atoms with Gasteiger partial charge in [-0.1, -0.05) is 6.07 Å². The maximum absolute atomic E-state index is 12.7. The molecule has 1 aromatic carbocycles. The summed E-state index contributed by atoms with van der Waals surface area (Å²) in [5.74, 6) is -0.0531. The molecule has 0 bridgehead atoms. The predicted molar refractivity (Wildman–Crippen MR) is 93.0 cm³/mol. The molecule has 1 fully saturated rings. The number of piperazine rings is 1. The maximum Gasteiger partial charge on any atom is 0.416 e. The van der Waals surface area contributed by atoms with Crippen molar-refractivity contribution < 1.29 is 35.5 Å². The standard InChI is InChI=1S/C15H20F3N3O.H2O4S/c1-12(22)19-5-6-20-7-9-21(10-8-20)14-4-2-3-13(11-14)15(16,17)18;1-5(2,3)4/h2-4,11H,5-10H2,1H3,(H,19,22);(H2,1,2,3,4). The van der Waals surface area contributed by atoms with Crippen LogP contribution in [0.25, 0.3) is 0 Å². The quantitative estimate of drug-likeness (QED) is 0.639. The summed E-state index contributed by atoms with van der Waals surface area (Å²) in [4.78, 5) is 15.0. The van der Waals surface area contributed by atoms with E-state index in [1.807, 2.05) is 4.90 Å². The Labute approximate surface area is 155 Å². The molecular formula is C15H22F3N3O5S. The van der Waals surface area contributed by atoms with E-state index in [2.05, 4.69) is 10.2 Å². The molecule has 0 unspecified atom stereocenters. The molecule has 3 N–H and O–H groups in total. The van der Waals surface area contributed by atoms with E-state index < -0.39 is 22.1 Å². The van der Waals surface area contributed by atoms with Crippen molar-refractivity contribution in [2.75, 3.05) is 44.2 Å². The number of amides is 1. The van der Waals surface area contributed by atoms with E-state index in [4.69, 9.17) is 17.5 Å². The first-order valence-electron chi connectivity index (χ1n) is 7.95. The first-order chi connectivity index (χ1) is 12.4. The van der Waals surface area contributed by atoms with Gasteiger partial charge in [-0.2, -0.15) is 21.6 Å². The van der Waals surface area contributed by atoms with Crippen molar-refractivity contribution in [3.8, 4) is 0 Å². The van der Waals surface area contributed by atoms with E-state index in [1.165, 1.54) is 19.1 Å². The Kier molecular flexibility index (Phi) is 8.47. The van der Waals surface area contributed by atoms with E-state index in [0.29, 0.717) is 25.3 Å². The van der Waals surface area contributed by atoms with Crippen LogP contribution in [-0.4, -0.2) is 67.6 Å². The third-order valence-corrected chi connectivity index (χ3v) is 3.71. The second kappa shape index (κ2) is 9.88. The average molecular weight is 413 g/mol. The monoisotopic (exact) mass is 413 g/mol. The highest BCUT2D eigenvalue weighted by Gasteiger charge is 2.31. The van der Waals surface area contributed by atoms with Crippen LogP contribution in [0.4, 0.5) is 18.9 Å². The first kappa shape index (κ1) is 23.1. The molecule has 27 heavy (non-hydrogen) atoms. The van der Waals surface area contributed by atoms with Gasteiger partial charge in [-0.25, -0.2) is 0 Å². The van der Waals surface area contributed by atoms with Crippen LogP contribution >= 0.6 is 0 Å². The summed E-state index contributed by atoms with van der Waals surface area (Å²) in [5.41, 5.74) is -0.00516. The van der Waals surface area contributed by atoms with Crippen molar-refractivity contribution in [1.29, 1.82) is 0 Å². The highest BCUT2D eigenvalue weighted by molar-refractivity contribution is 7.79. The Morgan fingerprint density at radius 3 is 2.22 bits per heavy atom. The van der Waals surface area contributed by atoms with Crippen molar-refractivity contribution in [3.05, 3.63) is 29.8 Å². The molecule has 1 heterocycles. The number of hydrogen-bond donors (Lipinski definition) is 3. The zero-order valence-corrected chi connectivity index (χ0v) is 15.4. The summed E-state index contributed by atoms with van der Waals surface area (Å²) in [6.45, 7) is 5.74. The Morgan fingerprint density at radius 1 is 1.19 bits per heavy atom. The van der Waals surface area contributed by atoms with Gasteiger partial charge in [0.1, 0.15) is 0 Å². The minimum absolute atomic E-state index is 0.0531. The van der Waals surface area contributed by atoms with Gasteiger partial charge in [-0.3, -0.25) is 18.8 Å². The Morgan fingerprint density at radius 2 is 1.74 bits per heavy atom. The number of nitrogens with zero attached hydrogens (tertiary/aromatic N) is 2. The van der Waals surface area contributed by atoms with Gasteiger partial charge in [0, 0.05) is 51.9 Å². The number of rotatable bonds is 4. The fourth-order valence-corrected chi connectivity index (χ4v) is 2.50. The Balaban J connectivity index is 0.000000646. The normalized spacial score (nSPS) is 15.7. The summed E-state index contributed by atoms with van der Waals surface area (Å²) in [6.07, 6.45) is -4.31. The second-order valence-electron chi connectivity index (χ2n) is 5.81. The molecular weight excluding hydrogens is 391 g/mol. The van der Waals surface area contributed by atoms with Gasteiger partial charge in [0.25, 0.3) is 0 Å². The number of carbonyl (C=O) groups excluding carboxylic acids is 1. The zero-order valence-electron chi connectivity index (χ0n) is 14.6. The van der Waals surface area contributed by atoms with Crippen LogP contribution < -0.4 is 10.2 Å². The van der Waals surface area contributed by atoms with Crippen molar-refractivity contribution in [2.45, 2.75) is 13.1 Å².